The fourth-order valence-corrected chi connectivity index (χ4v) is 2.45. The molecule has 2 rings (SSSR count). The van der Waals surface area contributed by atoms with Gasteiger partial charge < -0.3 is 15.2 Å². The van der Waals surface area contributed by atoms with E-state index in [4.69, 9.17) is 4.74 Å². The van der Waals surface area contributed by atoms with E-state index in [9.17, 15) is 18.3 Å². The molecule has 1 heterocycles. The number of carbonyl (C=O) groups is 1. The molecule has 21 heavy (non-hydrogen) atoms. The summed E-state index contributed by atoms with van der Waals surface area (Å²) in [5.74, 6) is -0.335. The molecule has 116 valence electrons. The highest BCUT2D eigenvalue weighted by Gasteiger charge is 2.27. The van der Waals surface area contributed by atoms with Crippen molar-refractivity contribution in [3.05, 3.63) is 29.8 Å². The highest BCUT2D eigenvalue weighted by molar-refractivity contribution is 7.92. The van der Waals surface area contributed by atoms with E-state index in [1.165, 1.54) is 19.2 Å². The molecule has 7 nitrogen and oxygen atoms in total. The average molecular weight is 314 g/mol. The maximum absolute atomic E-state index is 12.0. The number of ether oxygens (including phenoxy) is 1. The summed E-state index contributed by atoms with van der Waals surface area (Å²) >= 11 is 0. The molecule has 1 saturated heterocycles. The number of anilines is 1. The van der Waals surface area contributed by atoms with E-state index >= 15 is 0 Å². The minimum atomic E-state index is -3.33. The minimum Gasteiger partial charge on any atom is -0.388 e. The zero-order valence-electron chi connectivity index (χ0n) is 11.8. The van der Waals surface area contributed by atoms with Gasteiger partial charge in [-0.1, -0.05) is 0 Å². The summed E-state index contributed by atoms with van der Waals surface area (Å²) in [6.45, 7) is 0.491. The topological polar surface area (TPSA) is 95.9 Å². The van der Waals surface area contributed by atoms with Crippen LogP contribution >= 0.6 is 0 Å². The summed E-state index contributed by atoms with van der Waals surface area (Å²) in [5, 5.41) is 12.3. The molecule has 1 amide bonds. The largest absolute Gasteiger partial charge is 0.388 e. The molecule has 0 saturated carbocycles. The van der Waals surface area contributed by atoms with Gasteiger partial charge in [-0.25, -0.2) is 8.42 Å². The van der Waals surface area contributed by atoms with Gasteiger partial charge in [-0.05, 0) is 24.3 Å². The first-order valence-electron chi connectivity index (χ1n) is 6.39. The van der Waals surface area contributed by atoms with Gasteiger partial charge in [-0.15, -0.1) is 0 Å². The van der Waals surface area contributed by atoms with E-state index < -0.39 is 22.2 Å². The standard InChI is InChI=1S/C13H18N2O5S/c1-15(21(2,18)19)10-5-3-9(4-6-10)13(17)14-11-7-20-8-12(11)16/h3-6,11-12,16H,7-8H2,1-2H3,(H,14,17)/t11-,12-/m0/s1. The van der Waals surface area contributed by atoms with E-state index in [-0.39, 0.29) is 19.1 Å². The molecule has 1 aliphatic rings. The number of nitrogens with one attached hydrogen (secondary N) is 1. The number of hydrogen-bond donors (Lipinski definition) is 2. The van der Waals surface area contributed by atoms with Gasteiger partial charge in [0, 0.05) is 12.6 Å². The second-order valence-corrected chi connectivity index (χ2v) is 6.98. The Kier molecular flexibility index (Phi) is 4.50. The third-order valence-electron chi connectivity index (χ3n) is 3.36. The van der Waals surface area contributed by atoms with Gasteiger partial charge in [0.05, 0.1) is 37.3 Å². The molecule has 1 aliphatic heterocycles. The molecular formula is C13H18N2O5S. The predicted molar refractivity (Wildman–Crippen MR) is 77.8 cm³/mol. The van der Waals surface area contributed by atoms with Gasteiger partial charge in [0.25, 0.3) is 5.91 Å². The fourth-order valence-electron chi connectivity index (χ4n) is 1.95. The summed E-state index contributed by atoms with van der Waals surface area (Å²) < 4.78 is 29.0. The first-order chi connectivity index (χ1) is 9.79. The average Bonchev–Trinajstić information content (AvgIpc) is 2.82. The number of hydrogen-bond acceptors (Lipinski definition) is 5. The Labute approximate surface area is 123 Å². The van der Waals surface area contributed by atoms with Crippen molar-refractivity contribution < 1.29 is 23.1 Å². The fraction of sp³-hybridized carbons (Fsp3) is 0.462. The molecule has 1 aromatic rings. The molecule has 8 heteroatoms. The predicted octanol–water partition coefficient (Wildman–Crippen LogP) is -0.428. The van der Waals surface area contributed by atoms with Gasteiger partial charge in [0.1, 0.15) is 0 Å². The van der Waals surface area contributed by atoms with E-state index in [0.29, 0.717) is 11.3 Å². The van der Waals surface area contributed by atoms with Crippen LogP contribution in [-0.4, -0.2) is 58.1 Å². The third-order valence-corrected chi connectivity index (χ3v) is 4.56. The zero-order valence-corrected chi connectivity index (χ0v) is 12.6. The molecular weight excluding hydrogens is 296 g/mol. The quantitative estimate of drug-likeness (QED) is 0.786. The lowest BCUT2D eigenvalue weighted by Crippen LogP contribution is -2.42. The van der Waals surface area contributed by atoms with Crippen LogP contribution in [0.1, 0.15) is 10.4 Å². The lowest BCUT2D eigenvalue weighted by Gasteiger charge is -2.17. The van der Waals surface area contributed by atoms with Crippen molar-refractivity contribution in [3.63, 3.8) is 0 Å². The Balaban J connectivity index is 2.06. The van der Waals surface area contributed by atoms with Crippen molar-refractivity contribution in [2.75, 3.05) is 30.8 Å². The van der Waals surface area contributed by atoms with Crippen LogP contribution in [-0.2, 0) is 14.8 Å². The van der Waals surface area contributed by atoms with E-state index in [1.54, 1.807) is 12.1 Å². The number of aliphatic hydroxyl groups excluding tert-OH is 1. The number of rotatable bonds is 4. The summed E-state index contributed by atoms with van der Waals surface area (Å²) in [4.78, 5) is 12.0. The number of benzene rings is 1. The lowest BCUT2D eigenvalue weighted by atomic mass is 10.1. The lowest BCUT2D eigenvalue weighted by molar-refractivity contribution is 0.0886. The Morgan fingerprint density at radius 2 is 1.95 bits per heavy atom. The molecule has 2 N–H and O–H groups in total. The summed E-state index contributed by atoms with van der Waals surface area (Å²) in [5.41, 5.74) is 0.859. The number of carbonyl (C=O) groups excluding carboxylic acids is 1. The van der Waals surface area contributed by atoms with Gasteiger partial charge in [-0.3, -0.25) is 9.10 Å². The monoisotopic (exact) mass is 314 g/mol. The molecule has 0 spiro atoms. The van der Waals surface area contributed by atoms with Gasteiger partial charge in [0.2, 0.25) is 10.0 Å². The highest BCUT2D eigenvalue weighted by atomic mass is 32.2. The summed E-state index contributed by atoms with van der Waals surface area (Å²) in [7, 11) is -1.89. The van der Waals surface area contributed by atoms with Crippen LogP contribution in [0.4, 0.5) is 5.69 Å². The van der Waals surface area contributed by atoms with Gasteiger partial charge in [-0.2, -0.15) is 0 Å². The normalized spacial score (nSPS) is 22.0. The van der Waals surface area contributed by atoms with Crippen LogP contribution in [0.2, 0.25) is 0 Å². The smallest absolute Gasteiger partial charge is 0.251 e. The van der Waals surface area contributed by atoms with Crippen molar-refractivity contribution in [2.24, 2.45) is 0 Å². The second-order valence-electron chi connectivity index (χ2n) is 4.96. The van der Waals surface area contributed by atoms with Crippen LogP contribution in [0, 0.1) is 0 Å². The third kappa shape index (κ3) is 3.72. The number of amides is 1. The molecule has 0 aromatic heterocycles. The second kappa shape index (κ2) is 6.00. The SMILES string of the molecule is CN(c1ccc(C(=O)N[C@H]2COC[C@@H]2O)cc1)S(C)(=O)=O. The Morgan fingerprint density at radius 3 is 2.43 bits per heavy atom. The highest BCUT2D eigenvalue weighted by Crippen LogP contribution is 2.16. The van der Waals surface area contributed by atoms with E-state index in [1.807, 2.05) is 0 Å². The van der Waals surface area contributed by atoms with Crippen LogP contribution < -0.4 is 9.62 Å². The van der Waals surface area contributed by atoms with Crippen molar-refractivity contribution in [3.8, 4) is 0 Å². The maximum Gasteiger partial charge on any atom is 0.251 e. The van der Waals surface area contributed by atoms with Crippen LogP contribution in [0.15, 0.2) is 24.3 Å². The molecule has 0 bridgehead atoms. The van der Waals surface area contributed by atoms with Crippen LogP contribution in [0.25, 0.3) is 0 Å². The van der Waals surface area contributed by atoms with Crippen LogP contribution in [0.3, 0.4) is 0 Å². The van der Waals surface area contributed by atoms with Crippen molar-refractivity contribution in [1.29, 1.82) is 0 Å². The molecule has 0 unspecified atom stereocenters. The first kappa shape index (κ1) is 15.7. The van der Waals surface area contributed by atoms with E-state index in [2.05, 4.69) is 5.32 Å². The van der Waals surface area contributed by atoms with Crippen LogP contribution in [0.5, 0.6) is 0 Å². The maximum atomic E-state index is 12.0. The van der Waals surface area contributed by atoms with Crippen molar-refractivity contribution in [2.45, 2.75) is 12.1 Å². The Hall–Kier alpha value is -1.64. The summed E-state index contributed by atoms with van der Waals surface area (Å²) in [6.07, 6.45) is 0.402. The Bertz CT molecular complexity index is 614. The number of nitrogens with zero attached hydrogens (tertiary/aromatic N) is 1. The molecule has 2 atom stereocenters. The van der Waals surface area contributed by atoms with Crippen molar-refractivity contribution >= 4 is 21.6 Å². The minimum absolute atomic E-state index is 0.211. The van der Waals surface area contributed by atoms with Crippen molar-refractivity contribution in [1.82, 2.24) is 5.32 Å². The molecule has 1 fully saturated rings. The van der Waals surface area contributed by atoms with E-state index in [0.717, 1.165) is 10.6 Å². The zero-order chi connectivity index (χ0) is 15.6. The Morgan fingerprint density at radius 1 is 1.33 bits per heavy atom. The number of aliphatic hydroxyl groups is 1. The van der Waals surface area contributed by atoms with Gasteiger partial charge in [0.15, 0.2) is 0 Å². The molecule has 0 aliphatic carbocycles. The number of sulfonamides is 1. The van der Waals surface area contributed by atoms with Gasteiger partial charge >= 0.3 is 0 Å². The molecule has 1 aromatic carbocycles. The summed E-state index contributed by atoms with van der Waals surface area (Å²) in [6, 6.07) is 5.76. The molecule has 0 radical (unpaired) electrons. The first-order valence-corrected chi connectivity index (χ1v) is 8.24.